The maximum absolute atomic E-state index is 5.66. The highest BCUT2D eigenvalue weighted by Crippen LogP contribution is 2.45. The van der Waals surface area contributed by atoms with Crippen LogP contribution >= 0.6 is 0 Å². The molecule has 0 aliphatic carbocycles. The molecule has 0 aliphatic heterocycles. The van der Waals surface area contributed by atoms with Crippen LogP contribution in [0.15, 0.2) is 168 Å². The summed E-state index contributed by atoms with van der Waals surface area (Å²) in [5.74, 6) is 1.34. The Hall–Kier alpha value is -6.66. The van der Waals surface area contributed by atoms with E-state index < -0.39 is 0 Å². The van der Waals surface area contributed by atoms with Gasteiger partial charge in [0.2, 0.25) is 0 Å². The van der Waals surface area contributed by atoms with Crippen molar-refractivity contribution in [2.45, 2.75) is 0 Å². The molecule has 0 bridgehead atoms. The summed E-state index contributed by atoms with van der Waals surface area (Å²) in [5, 5.41) is 4.43. The van der Waals surface area contributed by atoms with Crippen molar-refractivity contribution in [1.29, 1.82) is 0 Å². The summed E-state index contributed by atoms with van der Waals surface area (Å²) in [6.07, 6.45) is 13.8. The number of fused-ring (bicyclic) bond motifs is 2. The van der Waals surface area contributed by atoms with Gasteiger partial charge >= 0.3 is 0 Å². The maximum atomic E-state index is 5.66. The molecule has 6 heteroatoms. The minimum Gasteiger partial charge on any atom is -0.443 e. The minimum absolute atomic E-state index is 0.670. The molecule has 6 nitrogen and oxygen atoms in total. The molecule has 0 radical (unpaired) electrons. The van der Waals surface area contributed by atoms with Gasteiger partial charge in [0, 0.05) is 47.0 Å². The molecule has 0 unspecified atom stereocenters. The lowest BCUT2D eigenvalue weighted by Gasteiger charge is -2.19. The SMILES string of the molecule is c1ccc(-c2cccc(-c3ccc4c(-c5cncc(-c6cnco6)c5)c5ccccc5c(-c5cncc(-c6cnco6)c5)c4c3)c2)cc1. The molecule has 9 aromatic rings. The predicted octanol–water partition coefficient (Wildman–Crippen LogP) is 10.8. The largest absolute Gasteiger partial charge is 0.443 e. The van der Waals surface area contributed by atoms with Gasteiger partial charge in [-0.2, -0.15) is 0 Å². The molecule has 5 aromatic carbocycles. The van der Waals surface area contributed by atoms with E-state index in [0.29, 0.717) is 11.5 Å². The van der Waals surface area contributed by atoms with Crippen LogP contribution in [0.5, 0.6) is 0 Å². The number of nitrogens with zero attached hydrogens (tertiary/aromatic N) is 4. The van der Waals surface area contributed by atoms with Crippen LogP contribution in [0.3, 0.4) is 0 Å². The molecule has 0 fully saturated rings. The Balaban J connectivity index is 1.33. The number of aromatic nitrogens is 4. The van der Waals surface area contributed by atoms with Crippen molar-refractivity contribution in [1.82, 2.24) is 19.9 Å². The van der Waals surface area contributed by atoms with E-state index in [4.69, 9.17) is 8.83 Å². The Morgan fingerprint density at radius 1 is 0.312 bits per heavy atom. The first kappa shape index (κ1) is 27.6. The van der Waals surface area contributed by atoms with E-state index in [2.05, 4.69) is 123 Å². The average molecular weight is 619 g/mol. The Labute approximate surface area is 276 Å². The maximum Gasteiger partial charge on any atom is 0.181 e. The number of hydrogen-bond acceptors (Lipinski definition) is 6. The molecule has 0 saturated heterocycles. The van der Waals surface area contributed by atoms with Crippen molar-refractivity contribution in [2.75, 3.05) is 0 Å². The molecule has 0 N–H and O–H groups in total. The van der Waals surface area contributed by atoms with Gasteiger partial charge in [0.1, 0.15) is 0 Å². The normalized spacial score (nSPS) is 11.3. The zero-order valence-electron chi connectivity index (χ0n) is 25.6. The lowest BCUT2D eigenvalue weighted by atomic mass is 9.85. The summed E-state index contributed by atoms with van der Waals surface area (Å²) in [6.45, 7) is 0. The molecule has 4 aromatic heterocycles. The van der Waals surface area contributed by atoms with Gasteiger partial charge in [0.05, 0.1) is 12.4 Å². The second kappa shape index (κ2) is 11.6. The van der Waals surface area contributed by atoms with Crippen LogP contribution in [-0.4, -0.2) is 19.9 Å². The second-order valence-corrected chi connectivity index (χ2v) is 11.7. The summed E-state index contributed by atoms with van der Waals surface area (Å²) in [6, 6.07) is 38.7. The van der Waals surface area contributed by atoms with Crippen molar-refractivity contribution in [3.05, 3.63) is 159 Å². The van der Waals surface area contributed by atoms with Crippen molar-refractivity contribution in [2.24, 2.45) is 0 Å². The third-order valence-corrected chi connectivity index (χ3v) is 8.81. The second-order valence-electron chi connectivity index (χ2n) is 11.7. The lowest BCUT2D eigenvalue weighted by molar-refractivity contribution is 0.571. The van der Waals surface area contributed by atoms with Crippen LogP contribution in [0.25, 0.3) is 88.7 Å². The zero-order valence-corrected chi connectivity index (χ0v) is 25.6. The molecular formula is C42H26N4O2. The number of rotatable bonds is 6. The third-order valence-electron chi connectivity index (χ3n) is 8.81. The van der Waals surface area contributed by atoms with Crippen molar-refractivity contribution >= 4 is 21.5 Å². The molecule has 4 heterocycles. The van der Waals surface area contributed by atoms with Crippen molar-refractivity contribution in [3.8, 4) is 67.2 Å². The van der Waals surface area contributed by atoms with Crippen molar-refractivity contribution < 1.29 is 8.83 Å². The van der Waals surface area contributed by atoms with Gasteiger partial charge in [-0.25, -0.2) is 9.97 Å². The van der Waals surface area contributed by atoms with E-state index in [1.807, 2.05) is 24.7 Å². The van der Waals surface area contributed by atoms with Gasteiger partial charge in [-0.05, 0) is 79.2 Å². The summed E-state index contributed by atoms with van der Waals surface area (Å²) in [4.78, 5) is 17.6. The Morgan fingerprint density at radius 2 is 0.792 bits per heavy atom. The number of benzene rings is 5. The topological polar surface area (TPSA) is 77.8 Å². The van der Waals surface area contributed by atoms with Gasteiger partial charge < -0.3 is 8.83 Å². The Bertz CT molecular complexity index is 2560. The van der Waals surface area contributed by atoms with Crippen LogP contribution in [0.1, 0.15) is 0 Å². The fourth-order valence-electron chi connectivity index (χ4n) is 6.63. The summed E-state index contributed by atoms with van der Waals surface area (Å²) in [7, 11) is 0. The molecule has 0 atom stereocenters. The highest BCUT2D eigenvalue weighted by Gasteiger charge is 2.19. The fourth-order valence-corrected chi connectivity index (χ4v) is 6.63. The van der Waals surface area contributed by atoms with Gasteiger partial charge in [0.15, 0.2) is 24.3 Å². The van der Waals surface area contributed by atoms with E-state index in [1.165, 1.54) is 23.9 Å². The van der Waals surface area contributed by atoms with E-state index in [0.717, 1.165) is 66.1 Å². The molecule has 0 saturated carbocycles. The minimum atomic E-state index is 0.670. The van der Waals surface area contributed by atoms with Crippen molar-refractivity contribution in [3.63, 3.8) is 0 Å². The average Bonchev–Trinajstić information content (AvgIpc) is 3.90. The lowest BCUT2D eigenvalue weighted by Crippen LogP contribution is -1.93. The van der Waals surface area contributed by atoms with E-state index in [-0.39, 0.29) is 0 Å². The van der Waals surface area contributed by atoms with Gasteiger partial charge in [-0.15, -0.1) is 0 Å². The van der Waals surface area contributed by atoms with Crippen LogP contribution in [0.4, 0.5) is 0 Å². The van der Waals surface area contributed by atoms with E-state index in [1.54, 1.807) is 18.6 Å². The van der Waals surface area contributed by atoms with Crippen LogP contribution in [0.2, 0.25) is 0 Å². The van der Waals surface area contributed by atoms with Gasteiger partial charge in [-0.3, -0.25) is 9.97 Å². The van der Waals surface area contributed by atoms with Crippen LogP contribution in [0, 0.1) is 0 Å². The molecule has 9 rings (SSSR count). The fraction of sp³-hybridized carbons (Fsp3) is 0. The van der Waals surface area contributed by atoms with Gasteiger partial charge in [-0.1, -0.05) is 84.9 Å². The number of oxazole rings is 2. The first-order valence-electron chi connectivity index (χ1n) is 15.6. The van der Waals surface area contributed by atoms with E-state index >= 15 is 0 Å². The third kappa shape index (κ3) is 4.84. The molecule has 226 valence electrons. The molecule has 0 spiro atoms. The zero-order chi connectivity index (χ0) is 31.9. The summed E-state index contributed by atoms with van der Waals surface area (Å²) < 4.78 is 11.3. The first-order valence-corrected chi connectivity index (χ1v) is 15.6. The number of pyridine rings is 2. The smallest absolute Gasteiger partial charge is 0.181 e. The molecule has 48 heavy (non-hydrogen) atoms. The quantitative estimate of drug-likeness (QED) is 0.173. The van der Waals surface area contributed by atoms with Crippen LogP contribution < -0.4 is 0 Å². The molecule has 0 aliphatic rings. The summed E-state index contributed by atoms with van der Waals surface area (Å²) in [5.41, 5.74) is 10.5. The monoisotopic (exact) mass is 618 g/mol. The van der Waals surface area contributed by atoms with Gasteiger partial charge in [0.25, 0.3) is 0 Å². The Morgan fingerprint density at radius 3 is 1.40 bits per heavy atom. The van der Waals surface area contributed by atoms with E-state index in [9.17, 15) is 0 Å². The number of hydrogen-bond donors (Lipinski definition) is 0. The highest BCUT2D eigenvalue weighted by atomic mass is 16.3. The molecular weight excluding hydrogens is 592 g/mol. The summed E-state index contributed by atoms with van der Waals surface area (Å²) >= 11 is 0. The molecule has 0 amide bonds. The standard InChI is InChI=1S/C42H26N4O2/c1-2-7-27(8-3-1)28-9-6-10-29(15-28)30-13-14-37-38(18-30)42(34-17-32(20-44-22-34)40-24-46-26-48-40)36-12-5-4-11-35(36)41(37)33-16-31(19-43-21-33)39-23-45-25-47-39/h1-26H. The first-order chi connectivity index (χ1) is 23.8. The Kier molecular flexibility index (Phi) is 6.68. The highest BCUT2D eigenvalue weighted by molar-refractivity contribution is 6.22. The predicted molar refractivity (Wildman–Crippen MR) is 190 cm³/mol. The van der Waals surface area contributed by atoms with Crippen LogP contribution in [-0.2, 0) is 0 Å².